The van der Waals surface area contributed by atoms with Gasteiger partial charge >= 0.3 is 12.1 Å². The van der Waals surface area contributed by atoms with Crippen LogP contribution in [0, 0.1) is 5.92 Å². The number of sulfonamides is 1. The van der Waals surface area contributed by atoms with Gasteiger partial charge in [-0.1, -0.05) is 43.0 Å². The van der Waals surface area contributed by atoms with E-state index in [1.54, 1.807) is 40.5 Å². The summed E-state index contributed by atoms with van der Waals surface area (Å²) in [7, 11) is -3.93. The molecular formula is C35H43ClF3N5O6S2. The van der Waals surface area contributed by atoms with Gasteiger partial charge in [-0.25, -0.2) is 18.2 Å². The molecule has 3 fully saturated rings. The van der Waals surface area contributed by atoms with Crippen molar-refractivity contribution in [2.24, 2.45) is 11.7 Å². The lowest BCUT2D eigenvalue weighted by Crippen LogP contribution is -2.61. The van der Waals surface area contributed by atoms with E-state index in [-0.39, 0.29) is 23.4 Å². The maximum Gasteiger partial charge on any atom is 0.490 e. The van der Waals surface area contributed by atoms with Gasteiger partial charge in [0.25, 0.3) is 0 Å². The molecule has 3 N–H and O–H groups in total. The molecular weight excluding hydrogens is 743 g/mol. The van der Waals surface area contributed by atoms with Gasteiger partial charge in [-0.15, -0.1) is 11.3 Å². The first kappa shape index (κ1) is 39.9. The van der Waals surface area contributed by atoms with E-state index in [9.17, 15) is 26.4 Å². The second kappa shape index (κ2) is 17.7. The molecule has 1 atom stereocenters. The van der Waals surface area contributed by atoms with Crippen molar-refractivity contribution in [1.29, 1.82) is 0 Å². The van der Waals surface area contributed by atoms with Gasteiger partial charge in [0.05, 0.1) is 22.9 Å². The van der Waals surface area contributed by atoms with Gasteiger partial charge in [0.15, 0.2) is 0 Å². The Morgan fingerprint density at radius 2 is 1.60 bits per heavy atom. The minimum Gasteiger partial charge on any atom is -0.493 e. The van der Waals surface area contributed by atoms with Gasteiger partial charge in [0, 0.05) is 50.0 Å². The monoisotopic (exact) mass is 785 g/mol. The number of carbonyl (C=O) groups is 2. The average molecular weight is 786 g/mol. The molecule has 1 unspecified atom stereocenters. The number of thiazole rings is 1. The molecule has 11 nitrogen and oxygen atoms in total. The van der Waals surface area contributed by atoms with Gasteiger partial charge < -0.3 is 20.5 Å². The first-order valence-electron chi connectivity index (χ1n) is 17.2. The van der Waals surface area contributed by atoms with Crippen LogP contribution in [0.5, 0.6) is 5.75 Å². The Bertz CT molecular complexity index is 1750. The number of piperidine rings is 1. The predicted molar refractivity (Wildman–Crippen MR) is 192 cm³/mol. The summed E-state index contributed by atoms with van der Waals surface area (Å²) in [5.41, 5.74) is 7.15. The summed E-state index contributed by atoms with van der Waals surface area (Å²) in [6.45, 7) is 3.26. The Balaban J connectivity index is 0.000000679. The first-order valence-corrected chi connectivity index (χ1v) is 19.9. The number of hydrogen-bond acceptors (Lipinski definition) is 9. The molecule has 1 aromatic heterocycles. The number of nitrogens with zero attached hydrogens (tertiary/aromatic N) is 4. The lowest BCUT2D eigenvalue weighted by atomic mass is 9.90. The molecule has 2 aliphatic heterocycles. The molecule has 0 spiro atoms. The molecule has 6 rings (SSSR count). The highest BCUT2D eigenvalue weighted by Gasteiger charge is 2.42. The standard InChI is InChI=1S/C33H42ClN5O4S2.C2HF3O2/c34-26-8-6-25(7-9-26)31-20-36-32(44-31)22-37-18-19-39(30(21-37)33(40)38-16-14-27(35)15-17-38)45(41,42)29-12-10-28(11-13-29)43-23-24-4-2-1-3-5-24;3-2(4,5)1(6)7/h6-13,20,24,27,30H,1-5,14-19,21-23,35H2;(H,6,7). The smallest absolute Gasteiger partial charge is 0.490 e. The van der Waals surface area contributed by atoms with Gasteiger partial charge in [0.1, 0.15) is 16.8 Å². The zero-order valence-corrected chi connectivity index (χ0v) is 30.9. The molecule has 3 aliphatic rings. The molecule has 1 saturated carbocycles. The molecule has 52 heavy (non-hydrogen) atoms. The molecule has 3 heterocycles. The van der Waals surface area contributed by atoms with E-state index in [1.165, 1.54) is 36.4 Å². The van der Waals surface area contributed by atoms with Crippen molar-refractivity contribution < 1.29 is 41.0 Å². The van der Waals surface area contributed by atoms with Crippen LogP contribution in [0.25, 0.3) is 10.4 Å². The summed E-state index contributed by atoms with van der Waals surface area (Å²) < 4.78 is 67.3. The molecule has 2 saturated heterocycles. The van der Waals surface area contributed by atoms with E-state index in [4.69, 9.17) is 32.0 Å². The highest BCUT2D eigenvalue weighted by molar-refractivity contribution is 7.89. The summed E-state index contributed by atoms with van der Waals surface area (Å²) in [6.07, 6.45) is 4.35. The zero-order valence-electron chi connectivity index (χ0n) is 28.5. The van der Waals surface area contributed by atoms with Crippen molar-refractivity contribution in [1.82, 2.24) is 19.1 Å². The molecule has 1 amide bonds. The van der Waals surface area contributed by atoms with Crippen LogP contribution in [0.4, 0.5) is 13.2 Å². The third-order valence-electron chi connectivity index (χ3n) is 9.48. The number of piperazine rings is 1. The number of carboxylic acids is 1. The van der Waals surface area contributed by atoms with Crippen LogP contribution in [0.15, 0.2) is 59.6 Å². The lowest BCUT2D eigenvalue weighted by molar-refractivity contribution is -0.192. The van der Waals surface area contributed by atoms with Crippen LogP contribution >= 0.6 is 22.9 Å². The van der Waals surface area contributed by atoms with Crippen molar-refractivity contribution in [3.63, 3.8) is 0 Å². The van der Waals surface area contributed by atoms with Gasteiger partial charge in [-0.2, -0.15) is 17.5 Å². The number of benzene rings is 2. The number of rotatable bonds is 9. The number of amides is 1. The van der Waals surface area contributed by atoms with Crippen molar-refractivity contribution in [2.75, 3.05) is 39.3 Å². The summed E-state index contributed by atoms with van der Waals surface area (Å²) in [6, 6.07) is 13.6. The number of carbonyl (C=O) groups excluding carboxylic acids is 1. The van der Waals surface area contributed by atoms with Crippen LogP contribution < -0.4 is 10.5 Å². The van der Waals surface area contributed by atoms with Crippen LogP contribution in [-0.2, 0) is 26.2 Å². The number of aliphatic carboxylic acids is 1. The van der Waals surface area contributed by atoms with E-state index >= 15 is 0 Å². The Labute approximate surface area is 310 Å². The van der Waals surface area contributed by atoms with Crippen molar-refractivity contribution >= 4 is 44.8 Å². The SMILES string of the molecule is NC1CCN(C(=O)C2CN(Cc3ncc(-c4ccc(Cl)cc4)s3)CCN2S(=O)(=O)c2ccc(OCC3CCCCC3)cc2)CC1.O=C(O)C(F)(F)F. The van der Waals surface area contributed by atoms with Crippen molar-refractivity contribution in [2.45, 2.75) is 74.6 Å². The maximum atomic E-state index is 14.1. The molecule has 2 aromatic carbocycles. The summed E-state index contributed by atoms with van der Waals surface area (Å²) in [4.78, 5) is 32.6. The topological polar surface area (TPSA) is 146 Å². The van der Waals surface area contributed by atoms with Gasteiger partial charge in [-0.05, 0) is 73.6 Å². The van der Waals surface area contributed by atoms with Crippen LogP contribution in [-0.4, -0.2) is 102 Å². The number of nitrogens with two attached hydrogens (primary N) is 1. The quantitative estimate of drug-likeness (QED) is 0.272. The number of halogens is 4. The summed E-state index contributed by atoms with van der Waals surface area (Å²) in [5.74, 6) is -1.69. The fourth-order valence-electron chi connectivity index (χ4n) is 6.52. The number of alkyl halides is 3. The predicted octanol–water partition coefficient (Wildman–Crippen LogP) is 5.88. The van der Waals surface area contributed by atoms with Crippen molar-refractivity contribution in [3.05, 3.63) is 64.8 Å². The first-order chi connectivity index (χ1) is 24.7. The number of aromatic nitrogens is 1. The molecule has 0 bridgehead atoms. The number of ether oxygens (including phenoxy) is 1. The zero-order chi connectivity index (χ0) is 37.5. The summed E-state index contributed by atoms with van der Waals surface area (Å²) >= 11 is 7.65. The third kappa shape index (κ3) is 10.7. The Kier molecular flexibility index (Phi) is 13.6. The molecule has 284 valence electrons. The highest BCUT2D eigenvalue weighted by atomic mass is 35.5. The molecule has 0 radical (unpaired) electrons. The molecule has 17 heteroatoms. The molecule has 1 aliphatic carbocycles. The number of hydrogen-bond donors (Lipinski definition) is 2. The maximum absolute atomic E-state index is 14.1. The summed E-state index contributed by atoms with van der Waals surface area (Å²) in [5, 5.41) is 8.72. The molecule has 3 aromatic rings. The Morgan fingerprint density at radius 3 is 2.21 bits per heavy atom. The average Bonchev–Trinajstić information content (AvgIpc) is 3.60. The fourth-order valence-corrected chi connectivity index (χ4v) is 9.18. The van der Waals surface area contributed by atoms with Gasteiger partial charge in [-0.3, -0.25) is 9.69 Å². The fraction of sp³-hybridized carbons (Fsp3) is 0.514. The minimum absolute atomic E-state index is 0.0651. The number of likely N-dealkylation sites (tertiary alicyclic amines) is 1. The number of carboxylic acid groups (broad SMARTS) is 1. The second-order valence-electron chi connectivity index (χ2n) is 13.2. The largest absolute Gasteiger partial charge is 0.493 e. The minimum atomic E-state index is -5.08. The van der Waals surface area contributed by atoms with Crippen LogP contribution in [0.1, 0.15) is 50.0 Å². The second-order valence-corrected chi connectivity index (χ2v) is 16.7. The van der Waals surface area contributed by atoms with E-state index in [1.807, 2.05) is 30.5 Å². The Morgan fingerprint density at radius 1 is 0.962 bits per heavy atom. The van der Waals surface area contributed by atoms with Crippen molar-refractivity contribution in [3.8, 4) is 16.2 Å². The van der Waals surface area contributed by atoms with E-state index in [2.05, 4.69) is 9.88 Å². The Hall–Kier alpha value is -3.28. The van der Waals surface area contributed by atoms with Crippen LogP contribution in [0.3, 0.4) is 0 Å². The van der Waals surface area contributed by atoms with Crippen LogP contribution in [0.2, 0.25) is 5.02 Å². The van der Waals surface area contributed by atoms with E-state index < -0.39 is 28.2 Å². The van der Waals surface area contributed by atoms with E-state index in [0.717, 1.165) is 15.4 Å². The normalized spacial score (nSPS) is 19.9. The van der Waals surface area contributed by atoms with Gasteiger partial charge in [0.2, 0.25) is 15.9 Å². The highest BCUT2D eigenvalue weighted by Crippen LogP contribution is 2.31. The third-order valence-corrected chi connectivity index (χ3v) is 12.7. The van der Waals surface area contributed by atoms with E-state index in [0.29, 0.717) is 68.9 Å². The lowest BCUT2D eigenvalue weighted by Gasteiger charge is -2.42.